The first-order valence-electron chi connectivity index (χ1n) is 4.78. The zero-order valence-electron chi connectivity index (χ0n) is 8.40. The van der Waals surface area contributed by atoms with Crippen LogP contribution in [0.4, 0.5) is 0 Å². The molecule has 1 heterocycles. The largest absolute Gasteiger partial charge is 0.244 e. The molecular weight excluding hydrogens is 190 g/mol. The second-order valence-electron chi connectivity index (χ2n) is 3.59. The molecule has 14 heavy (non-hydrogen) atoms. The molecule has 0 fully saturated rings. The van der Waals surface area contributed by atoms with Gasteiger partial charge in [0.2, 0.25) is 0 Å². The van der Waals surface area contributed by atoms with Gasteiger partial charge in [-0.1, -0.05) is 44.2 Å². The van der Waals surface area contributed by atoms with Crippen LogP contribution < -0.4 is 0 Å². The van der Waals surface area contributed by atoms with E-state index in [2.05, 4.69) is 43.1 Å². The maximum atomic E-state index is 4.43. The SMILES string of the molecule is CC(C)c1scnc1-c1ccccc1. The summed E-state index contributed by atoms with van der Waals surface area (Å²) < 4.78 is 0. The normalized spacial score (nSPS) is 10.8. The van der Waals surface area contributed by atoms with Crippen molar-refractivity contribution >= 4 is 11.3 Å². The summed E-state index contributed by atoms with van der Waals surface area (Å²) in [6, 6.07) is 10.4. The third-order valence-corrected chi connectivity index (χ3v) is 3.30. The Hall–Kier alpha value is -1.15. The van der Waals surface area contributed by atoms with Crippen LogP contribution in [-0.2, 0) is 0 Å². The van der Waals surface area contributed by atoms with Gasteiger partial charge in [-0.3, -0.25) is 0 Å². The van der Waals surface area contributed by atoms with Crippen LogP contribution in [0.25, 0.3) is 11.3 Å². The van der Waals surface area contributed by atoms with E-state index in [1.165, 1.54) is 10.4 Å². The molecule has 0 N–H and O–H groups in total. The summed E-state index contributed by atoms with van der Waals surface area (Å²) in [6.07, 6.45) is 0. The minimum Gasteiger partial charge on any atom is -0.244 e. The molecule has 0 aliphatic heterocycles. The molecule has 2 aromatic rings. The van der Waals surface area contributed by atoms with Gasteiger partial charge in [-0.2, -0.15) is 0 Å². The lowest BCUT2D eigenvalue weighted by atomic mass is 10.1. The van der Waals surface area contributed by atoms with Crippen LogP contribution in [0.3, 0.4) is 0 Å². The van der Waals surface area contributed by atoms with E-state index in [1.54, 1.807) is 11.3 Å². The number of thiazole rings is 1. The first-order valence-corrected chi connectivity index (χ1v) is 5.66. The Bertz CT molecular complexity index is 403. The van der Waals surface area contributed by atoms with Crippen molar-refractivity contribution in [1.82, 2.24) is 4.98 Å². The Labute approximate surface area is 88.4 Å². The van der Waals surface area contributed by atoms with E-state index in [9.17, 15) is 0 Å². The molecule has 1 aromatic carbocycles. The molecule has 0 unspecified atom stereocenters. The molecule has 72 valence electrons. The topological polar surface area (TPSA) is 12.9 Å². The third-order valence-electron chi connectivity index (χ3n) is 2.17. The molecule has 0 spiro atoms. The van der Waals surface area contributed by atoms with Crippen molar-refractivity contribution in [2.75, 3.05) is 0 Å². The maximum absolute atomic E-state index is 4.43. The van der Waals surface area contributed by atoms with Gasteiger partial charge in [0.05, 0.1) is 11.2 Å². The van der Waals surface area contributed by atoms with Gasteiger partial charge in [-0.25, -0.2) is 4.98 Å². The van der Waals surface area contributed by atoms with Crippen molar-refractivity contribution in [3.63, 3.8) is 0 Å². The number of nitrogens with zero attached hydrogens (tertiary/aromatic N) is 1. The summed E-state index contributed by atoms with van der Waals surface area (Å²) in [4.78, 5) is 5.80. The van der Waals surface area contributed by atoms with E-state index in [0.717, 1.165) is 5.69 Å². The van der Waals surface area contributed by atoms with E-state index >= 15 is 0 Å². The van der Waals surface area contributed by atoms with E-state index in [-0.39, 0.29) is 0 Å². The highest BCUT2D eigenvalue weighted by Gasteiger charge is 2.10. The zero-order chi connectivity index (χ0) is 9.97. The third kappa shape index (κ3) is 1.70. The highest BCUT2D eigenvalue weighted by molar-refractivity contribution is 7.10. The number of hydrogen-bond acceptors (Lipinski definition) is 2. The average Bonchev–Trinajstić information content (AvgIpc) is 2.67. The molecule has 1 nitrogen and oxygen atoms in total. The fourth-order valence-corrected chi connectivity index (χ4v) is 2.30. The van der Waals surface area contributed by atoms with Crippen LogP contribution >= 0.6 is 11.3 Å². The molecule has 2 rings (SSSR count). The van der Waals surface area contributed by atoms with Crippen molar-refractivity contribution in [3.05, 3.63) is 40.7 Å². The number of rotatable bonds is 2. The maximum Gasteiger partial charge on any atom is 0.0845 e. The molecular formula is C12H13NS. The molecule has 1 aromatic heterocycles. The summed E-state index contributed by atoms with van der Waals surface area (Å²) in [6.45, 7) is 4.42. The van der Waals surface area contributed by atoms with Gasteiger partial charge in [0.15, 0.2) is 0 Å². The minimum absolute atomic E-state index is 0.553. The lowest BCUT2D eigenvalue weighted by Gasteiger charge is -2.04. The molecule has 0 amide bonds. The van der Waals surface area contributed by atoms with Crippen LogP contribution in [0.1, 0.15) is 24.6 Å². The Kier molecular flexibility index (Phi) is 2.64. The highest BCUT2D eigenvalue weighted by atomic mass is 32.1. The Morgan fingerprint density at radius 2 is 1.86 bits per heavy atom. The summed E-state index contributed by atoms with van der Waals surface area (Å²) in [5.74, 6) is 0.553. The number of aromatic nitrogens is 1. The van der Waals surface area contributed by atoms with Gasteiger partial charge >= 0.3 is 0 Å². The lowest BCUT2D eigenvalue weighted by molar-refractivity contribution is 0.888. The Balaban J connectivity index is 2.47. The molecule has 0 saturated heterocycles. The Morgan fingerprint density at radius 3 is 2.50 bits per heavy atom. The standard InChI is InChI=1S/C12H13NS/c1-9(2)12-11(13-8-14-12)10-6-4-3-5-7-10/h3-9H,1-2H3. The molecule has 0 bridgehead atoms. The monoisotopic (exact) mass is 203 g/mol. The first kappa shape index (κ1) is 9.41. The van der Waals surface area contributed by atoms with Crippen molar-refractivity contribution in [2.24, 2.45) is 0 Å². The van der Waals surface area contributed by atoms with Crippen LogP contribution in [0.5, 0.6) is 0 Å². The molecule has 2 heteroatoms. The first-order chi connectivity index (χ1) is 6.79. The van der Waals surface area contributed by atoms with Crippen molar-refractivity contribution in [2.45, 2.75) is 19.8 Å². The van der Waals surface area contributed by atoms with Crippen LogP contribution in [0.15, 0.2) is 35.8 Å². The second-order valence-corrected chi connectivity index (χ2v) is 4.47. The lowest BCUT2D eigenvalue weighted by Crippen LogP contribution is -1.87. The molecule has 0 aliphatic carbocycles. The van der Waals surface area contributed by atoms with Crippen molar-refractivity contribution in [1.29, 1.82) is 0 Å². The van der Waals surface area contributed by atoms with E-state index < -0.39 is 0 Å². The predicted octanol–water partition coefficient (Wildman–Crippen LogP) is 3.93. The van der Waals surface area contributed by atoms with Gasteiger partial charge in [0.25, 0.3) is 0 Å². The summed E-state index contributed by atoms with van der Waals surface area (Å²) in [7, 11) is 0. The quantitative estimate of drug-likeness (QED) is 0.720. The van der Waals surface area contributed by atoms with Crippen LogP contribution in [0.2, 0.25) is 0 Å². The fourth-order valence-electron chi connectivity index (χ4n) is 1.48. The number of hydrogen-bond donors (Lipinski definition) is 0. The van der Waals surface area contributed by atoms with Crippen LogP contribution in [0, 0.1) is 0 Å². The van der Waals surface area contributed by atoms with E-state index in [0.29, 0.717) is 5.92 Å². The highest BCUT2D eigenvalue weighted by Crippen LogP contribution is 2.30. The van der Waals surface area contributed by atoms with Crippen molar-refractivity contribution in [3.8, 4) is 11.3 Å². The van der Waals surface area contributed by atoms with Gasteiger partial charge in [0, 0.05) is 10.4 Å². The zero-order valence-corrected chi connectivity index (χ0v) is 9.21. The Morgan fingerprint density at radius 1 is 1.14 bits per heavy atom. The molecule has 0 atom stereocenters. The van der Waals surface area contributed by atoms with Crippen LogP contribution in [-0.4, -0.2) is 4.98 Å². The molecule has 0 aliphatic rings. The summed E-state index contributed by atoms with van der Waals surface area (Å²) in [5.41, 5.74) is 4.29. The molecule has 0 radical (unpaired) electrons. The average molecular weight is 203 g/mol. The van der Waals surface area contributed by atoms with Crippen molar-refractivity contribution < 1.29 is 0 Å². The minimum atomic E-state index is 0.553. The number of benzene rings is 1. The van der Waals surface area contributed by atoms with Gasteiger partial charge in [-0.15, -0.1) is 11.3 Å². The summed E-state index contributed by atoms with van der Waals surface area (Å²) >= 11 is 1.74. The van der Waals surface area contributed by atoms with Gasteiger partial charge < -0.3 is 0 Å². The van der Waals surface area contributed by atoms with Gasteiger partial charge in [0.1, 0.15) is 0 Å². The molecule has 0 saturated carbocycles. The fraction of sp³-hybridized carbons (Fsp3) is 0.250. The van der Waals surface area contributed by atoms with E-state index in [1.807, 2.05) is 11.6 Å². The summed E-state index contributed by atoms with van der Waals surface area (Å²) in [5, 5.41) is 0. The smallest absolute Gasteiger partial charge is 0.0845 e. The second kappa shape index (κ2) is 3.93. The van der Waals surface area contributed by atoms with E-state index in [4.69, 9.17) is 0 Å². The predicted molar refractivity (Wildman–Crippen MR) is 61.6 cm³/mol. The van der Waals surface area contributed by atoms with Gasteiger partial charge in [-0.05, 0) is 5.92 Å².